The van der Waals surface area contributed by atoms with E-state index in [4.69, 9.17) is 32.2 Å². The molecule has 0 saturated carbocycles. The third-order valence-corrected chi connectivity index (χ3v) is 5.98. The number of nitriles is 1. The van der Waals surface area contributed by atoms with Gasteiger partial charge in [0.05, 0.1) is 21.8 Å². The van der Waals surface area contributed by atoms with Crippen molar-refractivity contribution in [2.24, 2.45) is 5.73 Å². The normalized spacial score (nSPS) is 10.8. The van der Waals surface area contributed by atoms with Crippen molar-refractivity contribution in [2.45, 2.75) is 6.42 Å². The van der Waals surface area contributed by atoms with Gasteiger partial charge in [-0.2, -0.15) is 5.26 Å². The summed E-state index contributed by atoms with van der Waals surface area (Å²) in [6.07, 6.45) is 0.930. The molecule has 1 amide bonds. The Hall–Kier alpha value is -3.72. The van der Waals surface area contributed by atoms with Crippen LogP contribution in [0.1, 0.15) is 16.8 Å². The molecule has 12 heteroatoms. The van der Waals surface area contributed by atoms with Gasteiger partial charge in [0.1, 0.15) is 5.75 Å². The summed E-state index contributed by atoms with van der Waals surface area (Å²) < 4.78 is 21.7. The Morgan fingerprint density at radius 2 is 2.14 bits per heavy atom. The van der Waals surface area contributed by atoms with E-state index >= 15 is 4.39 Å². The van der Waals surface area contributed by atoms with E-state index in [0.29, 0.717) is 27.7 Å². The van der Waals surface area contributed by atoms with Crippen LogP contribution in [-0.2, 0) is 6.42 Å². The number of ether oxygens (including phenoxy) is 1. The summed E-state index contributed by atoms with van der Waals surface area (Å²) in [6, 6.07) is 13.1. The Morgan fingerprint density at radius 3 is 2.89 bits per heavy atom. The fourth-order valence-corrected chi connectivity index (χ4v) is 4.01. The van der Waals surface area contributed by atoms with Crippen LogP contribution in [0.5, 0.6) is 11.5 Å². The standard InChI is InChI=1S/C24H19BrClFN6O3/c1-32(8-6-28)24(34)36-33-23-18(3-2-7-30-23)20(31-33)11-15-4-5-19(25)22(21(15)27)35-17-10-14(13-29)9-16(26)12-17/h2-5,7,9-10,12H,6,8,11,28H2,1H3. The first kappa shape index (κ1) is 25.4. The second kappa shape index (κ2) is 10.9. The highest BCUT2D eigenvalue weighted by Gasteiger charge is 2.21. The van der Waals surface area contributed by atoms with Crippen molar-refractivity contribution < 1.29 is 18.8 Å². The number of likely N-dealkylation sites (N-methyl/N-ethyl adjacent to an activating group) is 1. The van der Waals surface area contributed by atoms with Gasteiger partial charge in [0.2, 0.25) is 0 Å². The summed E-state index contributed by atoms with van der Waals surface area (Å²) in [4.78, 5) is 24.3. The van der Waals surface area contributed by atoms with Crippen molar-refractivity contribution in [1.29, 1.82) is 5.26 Å². The molecular formula is C24H19BrClFN6O3. The summed E-state index contributed by atoms with van der Waals surface area (Å²) >= 11 is 9.36. The highest BCUT2D eigenvalue weighted by atomic mass is 79.9. The maximum Gasteiger partial charge on any atom is 0.435 e. The molecule has 0 radical (unpaired) electrons. The minimum atomic E-state index is -0.661. The van der Waals surface area contributed by atoms with Crippen LogP contribution in [0.25, 0.3) is 11.0 Å². The van der Waals surface area contributed by atoms with Crippen molar-refractivity contribution in [3.63, 3.8) is 0 Å². The van der Waals surface area contributed by atoms with Gasteiger partial charge in [-0.05, 0) is 57.9 Å². The van der Waals surface area contributed by atoms with E-state index in [9.17, 15) is 4.79 Å². The lowest BCUT2D eigenvalue weighted by atomic mass is 10.1. The predicted octanol–water partition coefficient (Wildman–Crippen LogP) is 4.68. The first-order valence-corrected chi connectivity index (χ1v) is 11.8. The summed E-state index contributed by atoms with van der Waals surface area (Å²) in [7, 11) is 1.55. The zero-order chi connectivity index (χ0) is 25.8. The molecule has 0 bridgehead atoms. The molecule has 0 aliphatic heterocycles. The zero-order valence-corrected chi connectivity index (χ0v) is 21.3. The smallest absolute Gasteiger partial charge is 0.435 e. The SMILES string of the molecule is CN(CCN)C(=O)On1nc(Cc2ccc(Br)c(Oc3cc(Cl)cc(C#N)c3)c2F)c2cccnc21. The van der Waals surface area contributed by atoms with Gasteiger partial charge in [0.25, 0.3) is 0 Å². The molecule has 36 heavy (non-hydrogen) atoms. The summed E-state index contributed by atoms with van der Waals surface area (Å²) in [5, 5.41) is 14.4. The molecule has 0 saturated heterocycles. The van der Waals surface area contributed by atoms with Gasteiger partial charge >= 0.3 is 6.09 Å². The van der Waals surface area contributed by atoms with E-state index in [1.807, 2.05) is 6.07 Å². The predicted molar refractivity (Wildman–Crippen MR) is 134 cm³/mol. The van der Waals surface area contributed by atoms with Crippen LogP contribution in [0, 0.1) is 17.1 Å². The topological polar surface area (TPSA) is 119 Å². The number of hydrogen-bond donors (Lipinski definition) is 1. The fourth-order valence-electron chi connectivity index (χ4n) is 3.40. The number of halogens is 3. The first-order valence-electron chi connectivity index (χ1n) is 10.6. The first-order chi connectivity index (χ1) is 17.3. The lowest BCUT2D eigenvalue weighted by molar-refractivity contribution is 0.0905. The zero-order valence-electron chi connectivity index (χ0n) is 18.9. The molecular weight excluding hydrogens is 555 g/mol. The lowest BCUT2D eigenvalue weighted by Gasteiger charge is -2.14. The molecule has 184 valence electrons. The van der Waals surface area contributed by atoms with Crippen LogP contribution in [0.3, 0.4) is 0 Å². The number of benzene rings is 2. The van der Waals surface area contributed by atoms with Gasteiger partial charge in [0, 0.05) is 43.2 Å². The Labute approximate surface area is 218 Å². The summed E-state index contributed by atoms with van der Waals surface area (Å²) in [5.74, 6) is -0.493. The van der Waals surface area contributed by atoms with E-state index in [-0.39, 0.29) is 40.6 Å². The number of nitrogens with two attached hydrogens (primary N) is 1. The van der Waals surface area contributed by atoms with Crippen molar-refractivity contribution in [3.8, 4) is 17.6 Å². The van der Waals surface area contributed by atoms with Crippen LogP contribution < -0.4 is 15.3 Å². The monoisotopic (exact) mass is 572 g/mol. The van der Waals surface area contributed by atoms with Gasteiger partial charge in [-0.1, -0.05) is 22.5 Å². The van der Waals surface area contributed by atoms with Crippen LogP contribution in [0.2, 0.25) is 5.02 Å². The van der Waals surface area contributed by atoms with Crippen molar-refractivity contribution in [3.05, 3.63) is 80.8 Å². The molecule has 4 aromatic rings. The molecule has 2 N–H and O–H groups in total. The van der Waals surface area contributed by atoms with Gasteiger partial charge in [-0.25, -0.2) is 14.2 Å². The van der Waals surface area contributed by atoms with Gasteiger partial charge in [-0.15, -0.1) is 5.10 Å². The second-order valence-corrected chi connectivity index (χ2v) is 8.97. The lowest BCUT2D eigenvalue weighted by Crippen LogP contribution is -2.37. The largest absolute Gasteiger partial charge is 0.453 e. The van der Waals surface area contributed by atoms with Crippen LogP contribution in [0.4, 0.5) is 9.18 Å². The quantitative estimate of drug-likeness (QED) is 0.341. The number of rotatable bonds is 7. The highest BCUT2D eigenvalue weighted by Crippen LogP contribution is 2.36. The Kier molecular flexibility index (Phi) is 7.69. The van der Waals surface area contributed by atoms with Crippen molar-refractivity contribution in [1.82, 2.24) is 19.8 Å². The minimum absolute atomic E-state index is 0.0554. The van der Waals surface area contributed by atoms with E-state index in [1.165, 1.54) is 29.3 Å². The number of carbonyl (C=O) groups is 1. The third-order valence-electron chi connectivity index (χ3n) is 5.14. The van der Waals surface area contributed by atoms with Gasteiger partial charge in [-0.3, -0.25) is 4.84 Å². The van der Waals surface area contributed by atoms with Crippen LogP contribution >= 0.6 is 27.5 Å². The molecule has 0 atom stereocenters. The molecule has 2 aromatic heterocycles. The van der Waals surface area contributed by atoms with E-state index in [2.05, 4.69) is 26.0 Å². The molecule has 0 aliphatic carbocycles. The van der Waals surface area contributed by atoms with Crippen molar-refractivity contribution in [2.75, 3.05) is 20.1 Å². The number of nitrogens with zero attached hydrogens (tertiary/aromatic N) is 5. The number of pyridine rings is 1. The van der Waals surface area contributed by atoms with Gasteiger partial charge in [0.15, 0.2) is 17.2 Å². The number of aromatic nitrogens is 3. The summed E-state index contributed by atoms with van der Waals surface area (Å²) in [5.41, 5.74) is 6.79. The highest BCUT2D eigenvalue weighted by molar-refractivity contribution is 9.10. The molecule has 0 spiro atoms. The second-order valence-electron chi connectivity index (χ2n) is 7.68. The number of amides is 1. The van der Waals surface area contributed by atoms with E-state index < -0.39 is 11.9 Å². The third kappa shape index (κ3) is 5.41. The number of carbonyl (C=O) groups excluding carboxylic acids is 1. The molecule has 9 nitrogen and oxygen atoms in total. The molecule has 0 fully saturated rings. The van der Waals surface area contributed by atoms with Gasteiger partial charge < -0.3 is 15.4 Å². The Balaban J connectivity index is 1.67. The maximum atomic E-state index is 15.6. The number of hydrogen-bond acceptors (Lipinski definition) is 7. The average Bonchev–Trinajstić information content (AvgIpc) is 3.20. The van der Waals surface area contributed by atoms with Crippen LogP contribution in [-0.4, -0.2) is 46.1 Å². The molecule has 2 heterocycles. The average molecular weight is 574 g/mol. The number of fused-ring (bicyclic) bond motifs is 1. The maximum absolute atomic E-state index is 15.6. The van der Waals surface area contributed by atoms with Crippen LogP contribution in [0.15, 0.2) is 53.1 Å². The molecule has 0 unspecified atom stereocenters. The van der Waals surface area contributed by atoms with E-state index in [1.54, 1.807) is 31.3 Å². The summed E-state index contributed by atoms with van der Waals surface area (Å²) in [6.45, 7) is 0.572. The molecule has 4 rings (SSSR count). The van der Waals surface area contributed by atoms with E-state index in [0.717, 1.165) is 4.85 Å². The molecule has 2 aromatic carbocycles. The Morgan fingerprint density at radius 1 is 1.33 bits per heavy atom. The fraction of sp³-hybridized carbons (Fsp3) is 0.167. The molecule has 0 aliphatic rings. The van der Waals surface area contributed by atoms with Crippen molar-refractivity contribution >= 4 is 44.7 Å². The Bertz CT molecular complexity index is 1490. The minimum Gasteiger partial charge on any atom is -0.453 e.